The monoisotopic (exact) mass is 181 g/mol. The lowest BCUT2D eigenvalue weighted by atomic mass is 9.99. The minimum Gasteiger partial charge on any atom is -0.121 e. The molecule has 2 heteroatoms. The Bertz CT molecular complexity index is 89.3. The zero-order valence-corrected chi connectivity index (χ0v) is 8.34. The Morgan fingerprint density at radius 3 is 2.30 bits per heavy atom. The number of hydrogen-bond acceptors (Lipinski definition) is 0. The SMILES string of the molecule is CC[CH]C(C)(Cl)C(Cl)CC. The van der Waals surface area contributed by atoms with Gasteiger partial charge in [-0.3, -0.25) is 0 Å². The second-order valence-corrected chi connectivity index (χ2v) is 3.98. The minimum absolute atomic E-state index is 0.0501. The highest BCUT2D eigenvalue weighted by molar-refractivity contribution is 6.33. The molecule has 0 aliphatic rings. The fourth-order valence-electron chi connectivity index (χ4n) is 0.926. The van der Waals surface area contributed by atoms with Gasteiger partial charge in [0.1, 0.15) is 0 Å². The van der Waals surface area contributed by atoms with Gasteiger partial charge in [-0.25, -0.2) is 0 Å². The van der Waals surface area contributed by atoms with E-state index in [9.17, 15) is 0 Å². The Hall–Kier alpha value is 0.580. The number of halogens is 2. The minimum atomic E-state index is -0.328. The predicted molar refractivity (Wildman–Crippen MR) is 48.8 cm³/mol. The molecule has 2 atom stereocenters. The summed E-state index contributed by atoms with van der Waals surface area (Å²) in [6.07, 6.45) is 3.94. The molecule has 0 spiro atoms. The average molecular weight is 182 g/mol. The van der Waals surface area contributed by atoms with Gasteiger partial charge < -0.3 is 0 Å². The Kier molecular flexibility index (Phi) is 4.71. The summed E-state index contributed by atoms with van der Waals surface area (Å²) in [5.74, 6) is 0. The molecule has 0 nitrogen and oxygen atoms in total. The van der Waals surface area contributed by atoms with Gasteiger partial charge in [0, 0.05) is 0 Å². The maximum atomic E-state index is 6.10. The van der Waals surface area contributed by atoms with E-state index < -0.39 is 0 Å². The van der Waals surface area contributed by atoms with E-state index in [0.717, 1.165) is 12.8 Å². The van der Waals surface area contributed by atoms with Gasteiger partial charge in [0.2, 0.25) is 0 Å². The molecular formula is C8H15Cl2. The lowest BCUT2D eigenvalue weighted by molar-refractivity contribution is 0.625. The van der Waals surface area contributed by atoms with Gasteiger partial charge >= 0.3 is 0 Å². The maximum Gasteiger partial charge on any atom is 0.0612 e. The normalized spacial score (nSPS) is 20.1. The van der Waals surface area contributed by atoms with Crippen LogP contribution in [0.1, 0.15) is 33.6 Å². The third kappa shape index (κ3) is 3.12. The largest absolute Gasteiger partial charge is 0.121 e. The summed E-state index contributed by atoms with van der Waals surface area (Å²) in [5, 5.41) is 0.0501. The molecule has 2 unspecified atom stereocenters. The van der Waals surface area contributed by atoms with Gasteiger partial charge in [-0.15, -0.1) is 23.2 Å². The van der Waals surface area contributed by atoms with Crippen LogP contribution >= 0.6 is 23.2 Å². The highest BCUT2D eigenvalue weighted by Crippen LogP contribution is 2.30. The Morgan fingerprint density at radius 1 is 1.50 bits per heavy atom. The van der Waals surface area contributed by atoms with E-state index in [4.69, 9.17) is 23.2 Å². The van der Waals surface area contributed by atoms with Gasteiger partial charge in [-0.2, -0.15) is 0 Å². The molecular weight excluding hydrogens is 167 g/mol. The maximum absolute atomic E-state index is 6.10. The molecule has 0 aromatic carbocycles. The van der Waals surface area contributed by atoms with Crippen LogP contribution in [0.25, 0.3) is 0 Å². The van der Waals surface area contributed by atoms with Crippen LogP contribution in [0.2, 0.25) is 0 Å². The average Bonchev–Trinajstić information content (AvgIpc) is 1.86. The van der Waals surface area contributed by atoms with E-state index >= 15 is 0 Å². The highest BCUT2D eigenvalue weighted by Gasteiger charge is 2.27. The van der Waals surface area contributed by atoms with Crippen LogP contribution < -0.4 is 0 Å². The van der Waals surface area contributed by atoms with Gasteiger partial charge in [0.15, 0.2) is 0 Å². The van der Waals surface area contributed by atoms with E-state index in [-0.39, 0.29) is 10.3 Å². The second-order valence-electron chi connectivity index (χ2n) is 2.64. The summed E-state index contributed by atoms with van der Waals surface area (Å²) in [4.78, 5) is -0.328. The first kappa shape index (κ1) is 10.6. The van der Waals surface area contributed by atoms with Crippen LogP contribution in [-0.2, 0) is 0 Å². The van der Waals surface area contributed by atoms with Crippen molar-refractivity contribution in [3.8, 4) is 0 Å². The molecule has 0 aliphatic carbocycles. The standard InChI is InChI=1S/C8H15Cl2/c1-4-6-8(3,10)7(9)5-2/h6-7H,4-5H2,1-3H3. The topological polar surface area (TPSA) is 0 Å². The molecule has 0 aromatic heterocycles. The molecule has 0 heterocycles. The molecule has 0 rings (SSSR count). The van der Waals surface area contributed by atoms with Crippen molar-refractivity contribution < 1.29 is 0 Å². The van der Waals surface area contributed by atoms with E-state index in [2.05, 4.69) is 13.3 Å². The van der Waals surface area contributed by atoms with E-state index in [1.54, 1.807) is 0 Å². The van der Waals surface area contributed by atoms with Crippen molar-refractivity contribution in [1.29, 1.82) is 0 Å². The molecule has 0 fully saturated rings. The predicted octanol–water partition coefficient (Wildman–Crippen LogP) is 3.62. The fourth-order valence-corrected chi connectivity index (χ4v) is 1.32. The quantitative estimate of drug-likeness (QED) is 0.582. The van der Waals surface area contributed by atoms with Gasteiger partial charge in [0.25, 0.3) is 0 Å². The Labute approximate surface area is 73.9 Å². The van der Waals surface area contributed by atoms with Crippen LogP contribution in [0.15, 0.2) is 0 Å². The summed E-state index contributed by atoms with van der Waals surface area (Å²) in [6.45, 7) is 6.07. The third-order valence-corrected chi connectivity index (χ3v) is 2.87. The molecule has 0 aliphatic heterocycles. The summed E-state index contributed by atoms with van der Waals surface area (Å²) in [5.41, 5.74) is 0. The molecule has 0 aromatic rings. The smallest absolute Gasteiger partial charge is 0.0612 e. The molecule has 61 valence electrons. The second kappa shape index (κ2) is 4.46. The zero-order valence-electron chi connectivity index (χ0n) is 6.82. The Morgan fingerprint density at radius 2 is 2.00 bits per heavy atom. The number of alkyl halides is 2. The van der Waals surface area contributed by atoms with Crippen molar-refractivity contribution in [1.82, 2.24) is 0 Å². The third-order valence-electron chi connectivity index (χ3n) is 1.57. The number of rotatable bonds is 4. The summed E-state index contributed by atoms with van der Waals surface area (Å²) in [6, 6.07) is 0. The lowest BCUT2D eigenvalue weighted by Gasteiger charge is -2.25. The van der Waals surface area contributed by atoms with Crippen LogP contribution in [0.5, 0.6) is 0 Å². The van der Waals surface area contributed by atoms with Crippen molar-refractivity contribution in [2.24, 2.45) is 0 Å². The van der Waals surface area contributed by atoms with Crippen LogP contribution in [0.3, 0.4) is 0 Å². The number of hydrogen-bond donors (Lipinski definition) is 0. The van der Waals surface area contributed by atoms with Crippen molar-refractivity contribution >= 4 is 23.2 Å². The van der Waals surface area contributed by atoms with Crippen molar-refractivity contribution in [3.05, 3.63) is 6.42 Å². The van der Waals surface area contributed by atoms with Crippen molar-refractivity contribution in [2.45, 2.75) is 43.9 Å². The molecule has 1 radical (unpaired) electrons. The molecule has 0 saturated carbocycles. The van der Waals surface area contributed by atoms with Crippen LogP contribution in [0.4, 0.5) is 0 Å². The van der Waals surface area contributed by atoms with Crippen LogP contribution in [0, 0.1) is 6.42 Å². The molecule has 10 heavy (non-hydrogen) atoms. The van der Waals surface area contributed by atoms with Crippen molar-refractivity contribution in [2.75, 3.05) is 0 Å². The first-order chi connectivity index (χ1) is 4.54. The van der Waals surface area contributed by atoms with E-state index in [0.29, 0.717) is 0 Å². The first-order valence-corrected chi connectivity index (χ1v) is 4.53. The molecule has 0 N–H and O–H groups in total. The van der Waals surface area contributed by atoms with E-state index in [1.165, 1.54) is 0 Å². The highest BCUT2D eigenvalue weighted by atomic mass is 35.5. The first-order valence-electron chi connectivity index (χ1n) is 3.72. The van der Waals surface area contributed by atoms with Crippen LogP contribution in [-0.4, -0.2) is 10.3 Å². The summed E-state index contributed by atoms with van der Waals surface area (Å²) < 4.78 is 0. The van der Waals surface area contributed by atoms with E-state index in [1.807, 2.05) is 13.8 Å². The fraction of sp³-hybridized carbons (Fsp3) is 0.875. The van der Waals surface area contributed by atoms with Gasteiger partial charge in [0.05, 0.1) is 10.3 Å². The summed E-state index contributed by atoms with van der Waals surface area (Å²) >= 11 is 12.1. The molecule has 0 bridgehead atoms. The Balaban J connectivity index is 3.82. The summed E-state index contributed by atoms with van der Waals surface area (Å²) in [7, 11) is 0. The lowest BCUT2D eigenvalue weighted by Crippen LogP contribution is -2.29. The molecule has 0 amide bonds. The van der Waals surface area contributed by atoms with Crippen molar-refractivity contribution in [3.63, 3.8) is 0 Å². The van der Waals surface area contributed by atoms with Gasteiger partial charge in [-0.05, 0) is 19.8 Å². The molecule has 0 saturated heterocycles. The zero-order chi connectivity index (χ0) is 8.20. The van der Waals surface area contributed by atoms with Gasteiger partial charge in [-0.1, -0.05) is 20.3 Å².